The van der Waals surface area contributed by atoms with Crippen molar-refractivity contribution in [2.45, 2.75) is 19.3 Å². The summed E-state index contributed by atoms with van der Waals surface area (Å²) in [5.41, 5.74) is 0.466. The number of nitrogens with one attached hydrogen (secondary N) is 1. The van der Waals surface area contributed by atoms with E-state index in [0.717, 1.165) is 39.0 Å². The summed E-state index contributed by atoms with van der Waals surface area (Å²) in [6.45, 7) is 5.25. The van der Waals surface area contributed by atoms with E-state index in [1.807, 2.05) is 4.90 Å². The summed E-state index contributed by atoms with van der Waals surface area (Å²) in [6.07, 6.45) is 3.52. The van der Waals surface area contributed by atoms with Crippen LogP contribution in [-0.2, 0) is 14.3 Å². The molecule has 2 fully saturated rings. The van der Waals surface area contributed by atoms with E-state index in [9.17, 15) is 4.79 Å². The summed E-state index contributed by atoms with van der Waals surface area (Å²) in [4.78, 5) is 13.8. The normalized spacial score (nSPS) is 22.6. The molecule has 0 unspecified atom stereocenters. The van der Waals surface area contributed by atoms with Crippen LogP contribution in [0, 0.1) is 5.41 Å². The average Bonchev–Trinajstić information content (AvgIpc) is 2.84. The summed E-state index contributed by atoms with van der Waals surface area (Å²) in [5, 5.41) is 3.43. The van der Waals surface area contributed by atoms with E-state index in [1.54, 1.807) is 7.11 Å². The lowest BCUT2D eigenvalue weighted by Crippen LogP contribution is -2.45. The highest BCUT2D eigenvalue weighted by molar-refractivity contribution is 5.77. The molecule has 1 spiro atoms. The number of likely N-dealkylation sites (tertiary alicyclic amines) is 1. The summed E-state index contributed by atoms with van der Waals surface area (Å²) in [7, 11) is 1.63. The molecular formula is C13H24N2O3. The lowest BCUT2D eigenvalue weighted by molar-refractivity contribution is -0.138. The van der Waals surface area contributed by atoms with Crippen LogP contribution in [0.2, 0.25) is 0 Å². The second kappa shape index (κ2) is 6.50. The topological polar surface area (TPSA) is 50.8 Å². The molecule has 0 radical (unpaired) electrons. The zero-order chi connectivity index (χ0) is 12.8. The maximum absolute atomic E-state index is 11.9. The third-order valence-corrected chi connectivity index (χ3v) is 4.17. The Morgan fingerprint density at radius 3 is 2.67 bits per heavy atom. The van der Waals surface area contributed by atoms with Crippen molar-refractivity contribution in [3.63, 3.8) is 0 Å². The largest absolute Gasteiger partial charge is 0.382 e. The highest BCUT2D eigenvalue weighted by atomic mass is 16.5. The van der Waals surface area contributed by atoms with Crippen LogP contribution < -0.4 is 5.32 Å². The van der Waals surface area contributed by atoms with Gasteiger partial charge in [-0.15, -0.1) is 0 Å². The summed E-state index contributed by atoms with van der Waals surface area (Å²) < 4.78 is 10.2. The molecule has 0 aromatic heterocycles. The van der Waals surface area contributed by atoms with Crippen molar-refractivity contribution in [1.82, 2.24) is 10.2 Å². The van der Waals surface area contributed by atoms with Crippen molar-refractivity contribution in [2.75, 3.05) is 53.1 Å². The Morgan fingerprint density at radius 2 is 2.06 bits per heavy atom. The number of ether oxygens (including phenoxy) is 2. The second-order valence-electron chi connectivity index (χ2n) is 5.35. The van der Waals surface area contributed by atoms with Crippen LogP contribution in [0.5, 0.6) is 0 Å². The lowest BCUT2D eigenvalue weighted by atomic mass is 9.78. The van der Waals surface area contributed by atoms with Crippen molar-refractivity contribution in [3.8, 4) is 0 Å². The first kappa shape index (κ1) is 13.8. The standard InChI is InChI=1S/C13H24N2O3/c1-17-8-9-18-10-12(16)15-6-3-13(4-7-15)2-5-14-11-13/h14H,2-11H2,1H3. The molecule has 2 rings (SSSR count). The molecule has 0 bridgehead atoms. The van der Waals surface area contributed by atoms with E-state index < -0.39 is 0 Å². The first-order valence-corrected chi connectivity index (χ1v) is 6.81. The molecule has 2 aliphatic rings. The van der Waals surface area contributed by atoms with Crippen molar-refractivity contribution in [2.24, 2.45) is 5.41 Å². The van der Waals surface area contributed by atoms with Gasteiger partial charge in [-0.2, -0.15) is 0 Å². The predicted molar refractivity (Wildman–Crippen MR) is 68.4 cm³/mol. The number of amides is 1. The fourth-order valence-corrected chi connectivity index (χ4v) is 2.85. The van der Waals surface area contributed by atoms with Crippen LogP contribution in [0.4, 0.5) is 0 Å². The average molecular weight is 256 g/mol. The molecule has 1 N–H and O–H groups in total. The van der Waals surface area contributed by atoms with E-state index >= 15 is 0 Å². The Balaban J connectivity index is 1.67. The molecule has 5 heteroatoms. The van der Waals surface area contributed by atoms with Crippen LogP contribution >= 0.6 is 0 Å². The number of rotatable bonds is 5. The number of hydrogen-bond acceptors (Lipinski definition) is 4. The van der Waals surface area contributed by atoms with Gasteiger partial charge in [0.15, 0.2) is 0 Å². The van der Waals surface area contributed by atoms with Crippen molar-refractivity contribution >= 4 is 5.91 Å². The molecule has 0 aliphatic carbocycles. The first-order valence-electron chi connectivity index (χ1n) is 6.81. The van der Waals surface area contributed by atoms with Crippen molar-refractivity contribution in [3.05, 3.63) is 0 Å². The zero-order valence-corrected chi connectivity index (χ0v) is 11.2. The SMILES string of the molecule is COCCOCC(=O)N1CCC2(CCNC2)CC1. The number of carbonyl (C=O) groups excluding carboxylic acids is 1. The van der Waals surface area contributed by atoms with E-state index in [2.05, 4.69) is 5.32 Å². The minimum absolute atomic E-state index is 0.118. The van der Waals surface area contributed by atoms with Crippen LogP contribution in [0.15, 0.2) is 0 Å². The van der Waals surface area contributed by atoms with Gasteiger partial charge in [0.25, 0.3) is 0 Å². The maximum atomic E-state index is 11.9. The molecule has 5 nitrogen and oxygen atoms in total. The Labute approximate surface area is 109 Å². The fourth-order valence-electron chi connectivity index (χ4n) is 2.85. The zero-order valence-electron chi connectivity index (χ0n) is 11.2. The van der Waals surface area contributed by atoms with Gasteiger partial charge in [0.1, 0.15) is 6.61 Å². The molecule has 0 atom stereocenters. The highest BCUT2D eigenvalue weighted by Crippen LogP contribution is 2.36. The van der Waals surface area contributed by atoms with Gasteiger partial charge in [0, 0.05) is 26.7 Å². The second-order valence-corrected chi connectivity index (χ2v) is 5.35. The Kier molecular flexibility index (Phi) is 4.97. The summed E-state index contributed by atoms with van der Waals surface area (Å²) in [6, 6.07) is 0. The number of carbonyl (C=O) groups is 1. The lowest BCUT2D eigenvalue weighted by Gasteiger charge is -2.38. The number of nitrogens with zero attached hydrogens (tertiary/aromatic N) is 1. The fraction of sp³-hybridized carbons (Fsp3) is 0.923. The van der Waals surface area contributed by atoms with E-state index in [0.29, 0.717) is 18.6 Å². The Hall–Kier alpha value is -0.650. The van der Waals surface area contributed by atoms with E-state index in [1.165, 1.54) is 6.42 Å². The van der Waals surface area contributed by atoms with Crippen LogP contribution in [0.1, 0.15) is 19.3 Å². The van der Waals surface area contributed by atoms with Crippen LogP contribution in [0.25, 0.3) is 0 Å². The van der Waals surface area contributed by atoms with E-state index in [-0.39, 0.29) is 12.5 Å². The Bertz CT molecular complexity index is 267. The molecular weight excluding hydrogens is 232 g/mol. The number of hydrogen-bond donors (Lipinski definition) is 1. The van der Waals surface area contributed by atoms with Gasteiger partial charge < -0.3 is 19.7 Å². The monoisotopic (exact) mass is 256 g/mol. The molecule has 0 aromatic rings. The molecule has 18 heavy (non-hydrogen) atoms. The molecule has 1 amide bonds. The third kappa shape index (κ3) is 3.43. The summed E-state index contributed by atoms with van der Waals surface area (Å²) >= 11 is 0. The van der Waals surface area contributed by atoms with Crippen molar-refractivity contribution < 1.29 is 14.3 Å². The molecule has 2 heterocycles. The Morgan fingerprint density at radius 1 is 1.28 bits per heavy atom. The first-order chi connectivity index (χ1) is 8.76. The van der Waals surface area contributed by atoms with E-state index in [4.69, 9.17) is 9.47 Å². The minimum Gasteiger partial charge on any atom is -0.382 e. The smallest absolute Gasteiger partial charge is 0.248 e. The van der Waals surface area contributed by atoms with Gasteiger partial charge in [-0.3, -0.25) is 4.79 Å². The van der Waals surface area contributed by atoms with Gasteiger partial charge in [-0.25, -0.2) is 0 Å². The van der Waals surface area contributed by atoms with Crippen LogP contribution in [0.3, 0.4) is 0 Å². The highest BCUT2D eigenvalue weighted by Gasteiger charge is 2.37. The quantitative estimate of drug-likeness (QED) is 0.717. The molecule has 2 aliphatic heterocycles. The van der Waals surface area contributed by atoms with Crippen molar-refractivity contribution in [1.29, 1.82) is 0 Å². The maximum Gasteiger partial charge on any atom is 0.248 e. The molecule has 0 saturated carbocycles. The minimum atomic E-state index is 0.118. The molecule has 2 saturated heterocycles. The molecule has 104 valence electrons. The van der Waals surface area contributed by atoms with Gasteiger partial charge in [0.2, 0.25) is 5.91 Å². The van der Waals surface area contributed by atoms with Crippen LogP contribution in [-0.4, -0.2) is 63.9 Å². The number of methoxy groups -OCH3 is 1. The number of piperidine rings is 1. The third-order valence-electron chi connectivity index (χ3n) is 4.17. The van der Waals surface area contributed by atoms with Gasteiger partial charge >= 0.3 is 0 Å². The van der Waals surface area contributed by atoms with Gasteiger partial charge in [-0.05, 0) is 31.2 Å². The molecule has 0 aromatic carbocycles. The predicted octanol–water partition coefficient (Wildman–Crippen LogP) is 0.252. The van der Waals surface area contributed by atoms with Gasteiger partial charge in [0.05, 0.1) is 13.2 Å². The summed E-state index contributed by atoms with van der Waals surface area (Å²) in [5.74, 6) is 0.118. The van der Waals surface area contributed by atoms with Gasteiger partial charge in [-0.1, -0.05) is 0 Å².